The van der Waals surface area contributed by atoms with Crippen LogP contribution in [0.3, 0.4) is 0 Å². The molecule has 0 aromatic heterocycles. The van der Waals surface area contributed by atoms with E-state index in [9.17, 15) is 9.46 Å². The summed E-state index contributed by atoms with van der Waals surface area (Å²) >= 11 is 0. The molecule has 0 N–H and O–H groups in total. The summed E-state index contributed by atoms with van der Waals surface area (Å²) in [7, 11) is -3.08. The molecule has 0 aliphatic heterocycles. The minimum atomic E-state index is -4.13. The zero-order valence-electron chi connectivity index (χ0n) is 11.3. The van der Waals surface area contributed by atoms with Gasteiger partial charge in [-0.1, -0.05) is 0 Å². The number of hydrogen-bond acceptors (Lipinski definition) is 7. The summed E-state index contributed by atoms with van der Waals surface area (Å²) in [6, 6.07) is 0. The first kappa shape index (κ1) is 21.3. The molecule has 1 atom stereocenters. The normalized spacial score (nSPS) is 13.9. The Balaban J connectivity index is 0. The summed E-state index contributed by atoms with van der Waals surface area (Å²) in [5.74, 6) is 0. The number of phosphoric ester groups is 1. The Morgan fingerprint density at radius 2 is 1.39 bits per heavy atom. The van der Waals surface area contributed by atoms with Crippen molar-refractivity contribution >= 4 is 7.82 Å². The minimum absolute atomic E-state index is 0. The molecule has 0 aliphatic carbocycles. The predicted molar refractivity (Wildman–Crippen MR) is 58.7 cm³/mol. The van der Waals surface area contributed by atoms with Crippen LogP contribution >= 0.6 is 7.82 Å². The summed E-state index contributed by atoms with van der Waals surface area (Å²) in [6.07, 6.45) is 0. The summed E-state index contributed by atoms with van der Waals surface area (Å²) < 4.78 is 34.6. The van der Waals surface area contributed by atoms with Crippen molar-refractivity contribution in [3.05, 3.63) is 0 Å². The van der Waals surface area contributed by atoms with Crippen LogP contribution in [0.1, 0.15) is 6.92 Å². The molecule has 0 rings (SSSR count). The summed E-state index contributed by atoms with van der Waals surface area (Å²) in [4.78, 5) is 10.7. The summed E-state index contributed by atoms with van der Waals surface area (Å²) in [6.45, 7) is 4.60. The van der Waals surface area contributed by atoms with Gasteiger partial charge < -0.3 is 28.2 Å². The fraction of sp³-hybridized carbons (Fsp3) is 1.00. The van der Waals surface area contributed by atoms with Gasteiger partial charge in [0.1, 0.15) is 0 Å². The Morgan fingerprint density at radius 3 is 1.83 bits per heavy atom. The van der Waals surface area contributed by atoms with Crippen LogP contribution in [0.4, 0.5) is 0 Å². The van der Waals surface area contributed by atoms with E-state index in [4.69, 9.17) is 14.2 Å². The van der Waals surface area contributed by atoms with Crippen LogP contribution in [0.25, 0.3) is 0 Å². The van der Waals surface area contributed by atoms with E-state index >= 15 is 0 Å². The maximum Gasteiger partial charge on any atom is 1.00 e. The molecule has 0 amide bonds. The molecule has 104 valence electrons. The van der Waals surface area contributed by atoms with E-state index < -0.39 is 7.82 Å². The second kappa shape index (κ2) is 14.4. The molecule has 18 heavy (non-hydrogen) atoms. The van der Waals surface area contributed by atoms with Crippen LogP contribution in [0.5, 0.6) is 0 Å². The van der Waals surface area contributed by atoms with Crippen molar-refractivity contribution in [3.8, 4) is 0 Å². The average Bonchev–Trinajstić information content (AvgIpc) is 2.31. The fourth-order valence-electron chi connectivity index (χ4n) is 0.845. The van der Waals surface area contributed by atoms with Crippen molar-refractivity contribution in [2.75, 3.05) is 53.4 Å². The van der Waals surface area contributed by atoms with Crippen molar-refractivity contribution in [1.82, 2.24) is 0 Å². The van der Waals surface area contributed by atoms with Crippen LogP contribution in [0, 0.1) is 0 Å². The molecular weight excluding hydrogens is 274 g/mol. The molecule has 0 fully saturated rings. The van der Waals surface area contributed by atoms with Gasteiger partial charge in [0.2, 0.25) is 0 Å². The molecule has 0 radical (unpaired) electrons. The molecule has 0 heterocycles. The number of phosphoric acid groups is 1. The second-order valence-corrected chi connectivity index (χ2v) is 4.40. The van der Waals surface area contributed by atoms with Gasteiger partial charge in [0, 0.05) is 13.7 Å². The van der Waals surface area contributed by atoms with Crippen molar-refractivity contribution in [1.29, 1.82) is 0 Å². The summed E-state index contributed by atoms with van der Waals surface area (Å²) in [5, 5.41) is 0. The van der Waals surface area contributed by atoms with Gasteiger partial charge in [0.05, 0.1) is 39.6 Å². The van der Waals surface area contributed by atoms with Crippen LogP contribution in [0.2, 0.25) is 0 Å². The first-order valence-corrected chi connectivity index (χ1v) is 6.83. The molecule has 0 saturated carbocycles. The number of rotatable bonds is 12. The topological polar surface area (TPSA) is 86.3 Å². The third-order valence-electron chi connectivity index (χ3n) is 1.65. The smallest absolute Gasteiger partial charge is 0.756 e. The fourth-order valence-corrected chi connectivity index (χ4v) is 1.25. The molecule has 7 nitrogen and oxygen atoms in total. The van der Waals surface area contributed by atoms with Gasteiger partial charge >= 0.3 is 29.6 Å². The van der Waals surface area contributed by atoms with Crippen LogP contribution in [-0.4, -0.2) is 53.4 Å². The molecule has 0 aliphatic rings. The van der Waals surface area contributed by atoms with Gasteiger partial charge in [0.15, 0.2) is 0 Å². The molecule has 0 spiro atoms. The Labute approximate surface area is 130 Å². The van der Waals surface area contributed by atoms with E-state index in [2.05, 4.69) is 9.05 Å². The Morgan fingerprint density at radius 1 is 0.944 bits per heavy atom. The van der Waals surface area contributed by atoms with Crippen molar-refractivity contribution in [3.63, 3.8) is 0 Å². The van der Waals surface area contributed by atoms with Gasteiger partial charge in [-0.25, -0.2) is 0 Å². The SMILES string of the molecule is CCOCCOCCOCCOP(=O)([O-])OC.[Na+]. The number of ether oxygens (including phenoxy) is 3. The van der Waals surface area contributed by atoms with E-state index in [-0.39, 0.29) is 42.8 Å². The Bertz CT molecular complexity index is 217. The quantitative estimate of drug-likeness (QED) is 0.218. The largest absolute Gasteiger partial charge is 1.00 e. The molecule has 9 heteroatoms. The molecule has 1 unspecified atom stereocenters. The van der Waals surface area contributed by atoms with E-state index in [0.29, 0.717) is 33.0 Å². The van der Waals surface area contributed by atoms with E-state index in [1.807, 2.05) is 6.92 Å². The van der Waals surface area contributed by atoms with E-state index in [1.54, 1.807) is 0 Å². The van der Waals surface area contributed by atoms with Gasteiger partial charge in [-0.3, -0.25) is 4.57 Å². The predicted octanol–water partition coefficient (Wildman–Crippen LogP) is -2.81. The van der Waals surface area contributed by atoms with Gasteiger partial charge in [0.25, 0.3) is 7.82 Å². The maximum absolute atomic E-state index is 10.7. The first-order chi connectivity index (χ1) is 8.12. The Kier molecular flexibility index (Phi) is 17.0. The van der Waals surface area contributed by atoms with E-state index in [0.717, 1.165) is 7.11 Å². The standard InChI is InChI=1S/C9H21O7P.Na/c1-3-13-4-5-14-6-7-15-8-9-16-17(10,11)12-2;/h3-9H2,1-2H3,(H,10,11);/q;+1/p-1. The van der Waals surface area contributed by atoms with Gasteiger partial charge in [-0.2, -0.15) is 0 Å². The third kappa shape index (κ3) is 15.0. The van der Waals surface area contributed by atoms with Crippen molar-refractivity contribution in [2.45, 2.75) is 6.92 Å². The molecule has 0 aromatic rings. The molecular formula is C9H20NaO7P. The average molecular weight is 294 g/mol. The maximum atomic E-state index is 10.7. The van der Waals surface area contributed by atoms with Gasteiger partial charge in [-0.05, 0) is 6.92 Å². The Hall–Kier alpha value is 0.990. The van der Waals surface area contributed by atoms with Gasteiger partial charge in [-0.15, -0.1) is 0 Å². The second-order valence-electron chi connectivity index (χ2n) is 2.88. The minimum Gasteiger partial charge on any atom is -0.756 e. The van der Waals surface area contributed by atoms with E-state index in [1.165, 1.54) is 0 Å². The summed E-state index contributed by atoms with van der Waals surface area (Å²) in [5.41, 5.74) is 0. The van der Waals surface area contributed by atoms with Crippen LogP contribution in [0.15, 0.2) is 0 Å². The zero-order chi connectivity index (χ0) is 13.0. The van der Waals surface area contributed by atoms with Crippen LogP contribution < -0.4 is 34.5 Å². The van der Waals surface area contributed by atoms with Crippen molar-refractivity contribution in [2.24, 2.45) is 0 Å². The third-order valence-corrected chi connectivity index (χ3v) is 2.59. The van der Waals surface area contributed by atoms with Crippen LogP contribution in [-0.2, 0) is 27.8 Å². The first-order valence-electron chi connectivity index (χ1n) is 5.37. The molecule has 0 bridgehead atoms. The molecule has 0 aromatic carbocycles. The number of hydrogen-bond donors (Lipinski definition) is 0. The van der Waals surface area contributed by atoms with Crippen molar-refractivity contribution < 1.29 is 62.3 Å². The zero-order valence-corrected chi connectivity index (χ0v) is 14.1. The molecule has 0 saturated heterocycles. The monoisotopic (exact) mass is 294 g/mol.